The normalized spacial score (nSPS) is 17.4. The van der Waals surface area contributed by atoms with Crippen molar-refractivity contribution in [2.75, 3.05) is 18.0 Å². The monoisotopic (exact) mass is 268 g/mol. The average molecular weight is 268 g/mol. The summed E-state index contributed by atoms with van der Waals surface area (Å²) in [5, 5.41) is 9.89. The van der Waals surface area contributed by atoms with Crippen LogP contribution in [0.5, 0.6) is 0 Å². The fourth-order valence-electron chi connectivity index (χ4n) is 2.47. The van der Waals surface area contributed by atoms with Gasteiger partial charge in [-0.15, -0.1) is 11.3 Å². The van der Waals surface area contributed by atoms with E-state index in [0.717, 1.165) is 34.9 Å². The molecule has 0 atom stereocenters. The van der Waals surface area contributed by atoms with Crippen molar-refractivity contribution in [3.63, 3.8) is 0 Å². The molecule has 0 aliphatic carbocycles. The van der Waals surface area contributed by atoms with Crippen LogP contribution in [-0.2, 0) is 0 Å². The van der Waals surface area contributed by atoms with E-state index in [0.29, 0.717) is 0 Å². The van der Waals surface area contributed by atoms with E-state index >= 15 is 0 Å². The highest BCUT2D eigenvalue weighted by Gasteiger charge is 2.24. The third-order valence-electron chi connectivity index (χ3n) is 3.74. The van der Waals surface area contributed by atoms with Gasteiger partial charge in [0.25, 0.3) is 0 Å². The molecule has 1 aromatic rings. The zero-order valence-corrected chi connectivity index (χ0v) is 12.0. The van der Waals surface area contributed by atoms with E-state index in [4.69, 9.17) is 5.11 Å². The molecule has 2 heterocycles. The van der Waals surface area contributed by atoms with Crippen LogP contribution in [0.15, 0.2) is 0 Å². The molecule has 1 aliphatic heterocycles. The Balaban J connectivity index is 2.06. The Morgan fingerprint density at radius 1 is 1.44 bits per heavy atom. The number of hydrogen-bond acceptors (Lipinski definition) is 4. The van der Waals surface area contributed by atoms with Crippen LogP contribution < -0.4 is 4.90 Å². The largest absolute Gasteiger partial charge is 0.476 e. The van der Waals surface area contributed by atoms with Crippen LogP contribution in [0.2, 0.25) is 0 Å². The second-order valence-corrected chi connectivity index (χ2v) is 6.46. The van der Waals surface area contributed by atoms with E-state index in [9.17, 15) is 4.79 Å². The van der Waals surface area contributed by atoms with E-state index in [1.54, 1.807) is 0 Å². The van der Waals surface area contributed by atoms with Gasteiger partial charge in [0.1, 0.15) is 0 Å². The number of carboxylic acid groups (broad SMARTS) is 1. The highest BCUT2D eigenvalue weighted by Crippen LogP contribution is 2.31. The van der Waals surface area contributed by atoms with E-state index in [2.05, 4.69) is 23.7 Å². The van der Waals surface area contributed by atoms with Crippen LogP contribution >= 0.6 is 11.3 Å². The third-order valence-corrected chi connectivity index (χ3v) is 4.77. The predicted molar refractivity (Wildman–Crippen MR) is 73.6 cm³/mol. The van der Waals surface area contributed by atoms with Crippen molar-refractivity contribution < 1.29 is 9.90 Å². The molecule has 0 aromatic carbocycles. The molecule has 0 unspecified atom stereocenters. The first-order valence-electron chi connectivity index (χ1n) is 6.44. The van der Waals surface area contributed by atoms with Gasteiger partial charge in [0.2, 0.25) is 0 Å². The van der Waals surface area contributed by atoms with Crippen LogP contribution in [0, 0.1) is 18.8 Å². The van der Waals surface area contributed by atoms with Crippen LogP contribution in [0.1, 0.15) is 42.1 Å². The van der Waals surface area contributed by atoms with Crippen molar-refractivity contribution in [3.8, 4) is 0 Å². The molecule has 100 valence electrons. The molecule has 0 saturated carbocycles. The zero-order chi connectivity index (χ0) is 13.3. The first-order chi connectivity index (χ1) is 8.49. The molecule has 0 spiro atoms. The third kappa shape index (κ3) is 2.66. The minimum Gasteiger partial charge on any atom is -0.476 e. The van der Waals surface area contributed by atoms with Gasteiger partial charge in [0, 0.05) is 18.0 Å². The molecule has 2 rings (SSSR count). The lowest BCUT2D eigenvalue weighted by atomic mass is 9.87. The molecule has 0 amide bonds. The molecular formula is C13H20N2O2S. The number of aryl methyl sites for hydroxylation is 1. The van der Waals surface area contributed by atoms with Gasteiger partial charge in [-0.05, 0) is 31.6 Å². The number of thiazole rings is 1. The van der Waals surface area contributed by atoms with Crippen LogP contribution in [0.3, 0.4) is 0 Å². The topological polar surface area (TPSA) is 53.4 Å². The Bertz CT molecular complexity index is 434. The second kappa shape index (κ2) is 5.26. The lowest BCUT2D eigenvalue weighted by Gasteiger charge is -2.33. The summed E-state index contributed by atoms with van der Waals surface area (Å²) in [6.07, 6.45) is 2.36. The van der Waals surface area contributed by atoms with Crippen molar-refractivity contribution in [1.82, 2.24) is 4.98 Å². The predicted octanol–water partition coefficient (Wildman–Crippen LogP) is 3.02. The maximum absolute atomic E-state index is 11.0. The zero-order valence-electron chi connectivity index (χ0n) is 11.1. The molecule has 18 heavy (non-hydrogen) atoms. The highest BCUT2D eigenvalue weighted by molar-refractivity contribution is 7.15. The summed E-state index contributed by atoms with van der Waals surface area (Å²) in [6, 6.07) is 0. The Morgan fingerprint density at radius 2 is 2.06 bits per heavy atom. The number of rotatable bonds is 3. The first kappa shape index (κ1) is 13.3. The number of aromatic carboxylic acids is 1. The molecular weight excluding hydrogens is 248 g/mol. The maximum Gasteiger partial charge on any atom is 0.355 e. The van der Waals surface area contributed by atoms with Gasteiger partial charge in [-0.3, -0.25) is 0 Å². The lowest BCUT2D eigenvalue weighted by molar-refractivity contribution is 0.0690. The summed E-state index contributed by atoms with van der Waals surface area (Å²) in [6.45, 7) is 8.36. The van der Waals surface area contributed by atoms with E-state index in [-0.39, 0.29) is 5.69 Å². The molecule has 1 fully saturated rings. The molecule has 4 nitrogen and oxygen atoms in total. The number of aromatic nitrogens is 1. The number of piperidine rings is 1. The smallest absolute Gasteiger partial charge is 0.355 e. The van der Waals surface area contributed by atoms with Gasteiger partial charge in [-0.1, -0.05) is 13.8 Å². The fourth-order valence-corrected chi connectivity index (χ4v) is 3.43. The van der Waals surface area contributed by atoms with E-state index < -0.39 is 5.97 Å². The molecule has 1 N–H and O–H groups in total. The number of hydrogen-bond donors (Lipinski definition) is 1. The molecule has 1 saturated heterocycles. The summed E-state index contributed by atoms with van der Waals surface area (Å²) >= 11 is 1.49. The summed E-state index contributed by atoms with van der Waals surface area (Å²) in [5.41, 5.74) is 0.209. The van der Waals surface area contributed by atoms with E-state index in [1.165, 1.54) is 24.2 Å². The van der Waals surface area contributed by atoms with Crippen molar-refractivity contribution in [3.05, 3.63) is 10.6 Å². The van der Waals surface area contributed by atoms with Crippen LogP contribution in [0.25, 0.3) is 0 Å². The summed E-state index contributed by atoms with van der Waals surface area (Å²) < 4.78 is 0. The molecule has 5 heteroatoms. The summed E-state index contributed by atoms with van der Waals surface area (Å²) in [7, 11) is 0. The van der Waals surface area contributed by atoms with Gasteiger partial charge in [0.15, 0.2) is 10.8 Å². The van der Waals surface area contributed by atoms with Crippen LogP contribution in [0.4, 0.5) is 5.13 Å². The fraction of sp³-hybridized carbons (Fsp3) is 0.692. The van der Waals surface area contributed by atoms with Gasteiger partial charge < -0.3 is 10.0 Å². The Kier molecular flexibility index (Phi) is 3.90. The Labute approximate surface area is 112 Å². The standard InChI is InChI=1S/C13H20N2O2S/c1-8(2)10-4-6-15(7-5-10)13-14-11(12(16)17)9(3)18-13/h8,10H,4-7H2,1-3H3,(H,16,17). The number of carboxylic acids is 1. The molecule has 0 radical (unpaired) electrons. The first-order valence-corrected chi connectivity index (χ1v) is 7.26. The van der Waals surface area contributed by atoms with Crippen molar-refractivity contribution in [1.29, 1.82) is 0 Å². The quantitative estimate of drug-likeness (QED) is 0.915. The van der Waals surface area contributed by atoms with Crippen molar-refractivity contribution in [2.45, 2.75) is 33.6 Å². The van der Waals surface area contributed by atoms with Crippen molar-refractivity contribution >= 4 is 22.4 Å². The van der Waals surface area contributed by atoms with Crippen molar-refractivity contribution in [2.24, 2.45) is 11.8 Å². The van der Waals surface area contributed by atoms with Crippen LogP contribution in [-0.4, -0.2) is 29.1 Å². The SMILES string of the molecule is Cc1sc(N2CCC(C(C)C)CC2)nc1C(=O)O. The molecule has 1 aliphatic rings. The molecule has 1 aromatic heterocycles. The number of nitrogens with zero attached hydrogens (tertiary/aromatic N) is 2. The summed E-state index contributed by atoms with van der Waals surface area (Å²) in [5.74, 6) is 0.605. The maximum atomic E-state index is 11.0. The van der Waals surface area contributed by atoms with Gasteiger partial charge in [-0.25, -0.2) is 9.78 Å². The minimum absolute atomic E-state index is 0.209. The van der Waals surface area contributed by atoms with Gasteiger partial charge in [-0.2, -0.15) is 0 Å². The van der Waals surface area contributed by atoms with E-state index in [1.807, 2.05) is 6.92 Å². The minimum atomic E-state index is -0.924. The second-order valence-electron chi connectivity index (χ2n) is 5.27. The average Bonchev–Trinajstić information content (AvgIpc) is 2.71. The Hall–Kier alpha value is -1.10. The number of carbonyl (C=O) groups is 1. The van der Waals surface area contributed by atoms with Gasteiger partial charge >= 0.3 is 5.97 Å². The summed E-state index contributed by atoms with van der Waals surface area (Å²) in [4.78, 5) is 18.3. The Morgan fingerprint density at radius 3 is 2.50 bits per heavy atom. The lowest BCUT2D eigenvalue weighted by Crippen LogP contribution is -2.35. The number of anilines is 1. The van der Waals surface area contributed by atoms with Gasteiger partial charge in [0.05, 0.1) is 0 Å². The highest BCUT2D eigenvalue weighted by atomic mass is 32.1. The molecule has 0 bridgehead atoms.